The first-order valence-electron chi connectivity index (χ1n) is 16.7. The second kappa shape index (κ2) is 12.6. The van der Waals surface area contributed by atoms with Crippen molar-refractivity contribution in [2.75, 3.05) is 13.2 Å². The molecule has 2 saturated carbocycles. The lowest BCUT2D eigenvalue weighted by Crippen LogP contribution is -2.61. The average Bonchev–Trinajstić information content (AvgIpc) is 3.26. The van der Waals surface area contributed by atoms with Gasteiger partial charge in [0.15, 0.2) is 6.29 Å². The normalized spacial score (nSPS) is 46.0. The van der Waals surface area contributed by atoms with Gasteiger partial charge in [-0.1, -0.05) is 53.2 Å². The minimum absolute atomic E-state index is 0.0255. The summed E-state index contributed by atoms with van der Waals surface area (Å²) in [6, 6.07) is 0. The molecular formula is C34H56O9. The third-order valence-corrected chi connectivity index (χ3v) is 13.1. The van der Waals surface area contributed by atoms with Crippen molar-refractivity contribution in [1.29, 1.82) is 0 Å². The van der Waals surface area contributed by atoms with Crippen molar-refractivity contribution < 1.29 is 44.5 Å². The summed E-state index contributed by atoms with van der Waals surface area (Å²) in [6.45, 7) is 13.0. The van der Waals surface area contributed by atoms with E-state index >= 15 is 0 Å². The Morgan fingerprint density at radius 2 is 1.67 bits per heavy atom. The molecule has 3 aliphatic carbocycles. The Hall–Kier alpha value is -1.07. The molecule has 2 heterocycles. The minimum atomic E-state index is -1.53. The van der Waals surface area contributed by atoms with Crippen LogP contribution in [0.15, 0.2) is 11.6 Å². The van der Waals surface area contributed by atoms with Crippen molar-refractivity contribution in [2.24, 2.45) is 52.3 Å². The zero-order valence-electron chi connectivity index (χ0n) is 26.9. The molecule has 5 N–H and O–H groups in total. The first kappa shape index (κ1) is 33.3. The van der Waals surface area contributed by atoms with Crippen LogP contribution >= 0.6 is 0 Å². The Kier molecular flexibility index (Phi) is 9.77. The summed E-state index contributed by atoms with van der Waals surface area (Å²) in [5.74, 6) is 1.43. The van der Waals surface area contributed by atoms with Gasteiger partial charge in [-0.3, -0.25) is 4.79 Å². The second-order valence-corrected chi connectivity index (χ2v) is 15.4. The van der Waals surface area contributed by atoms with Crippen LogP contribution in [0.5, 0.6) is 0 Å². The van der Waals surface area contributed by atoms with Crippen LogP contribution in [0.2, 0.25) is 0 Å². The lowest BCUT2D eigenvalue weighted by atomic mass is 9.49. The van der Waals surface area contributed by atoms with Gasteiger partial charge in [-0.25, -0.2) is 0 Å². The van der Waals surface area contributed by atoms with Crippen LogP contribution in [0, 0.1) is 52.3 Å². The van der Waals surface area contributed by atoms with Crippen molar-refractivity contribution >= 4 is 5.97 Å². The van der Waals surface area contributed by atoms with Crippen LogP contribution < -0.4 is 0 Å². The summed E-state index contributed by atoms with van der Waals surface area (Å²) >= 11 is 0. The number of ether oxygens (including phenoxy) is 3. The molecule has 5 aliphatic rings. The zero-order valence-corrected chi connectivity index (χ0v) is 26.9. The van der Waals surface area contributed by atoms with Crippen LogP contribution in [-0.4, -0.2) is 87.6 Å². The van der Waals surface area contributed by atoms with E-state index in [4.69, 9.17) is 14.2 Å². The molecule has 0 radical (unpaired) electrons. The van der Waals surface area contributed by atoms with Gasteiger partial charge in [-0.05, 0) is 84.9 Å². The van der Waals surface area contributed by atoms with E-state index in [1.807, 2.05) is 6.92 Å². The van der Waals surface area contributed by atoms with E-state index in [0.29, 0.717) is 30.8 Å². The summed E-state index contributed by atoms with van der Waals surface area (Å²) in [5, 5.41) is 53.0. The number of carbonyl (C=O) groups excluding carboxylic acids is 1. The predicted molar refractivity (Wildman–Crippen MR) is 159 cm³/mol. The van der Waals surface area contributed by atoms with Gasteiger partial charge in [-0.15, -0.1) is 0 Å². The maximum atomic E-state index is 12.2. The molecule has 9 nitrogen and oxygen atoms in total. The monoisotopic (exact) mass is 608 g/mol. The number of aliphatic hydroxyl groups excluding tert-OH is 5. The van der Waals surface area contributed by atoms with Crippen LogP contribution in [0.3, 0.4) is 0 Å². The molecule has 5 rings (SSSR count). The molecule has 43 heavy (non-hydrogen) atoms. The van der Waals surface area contributed by atoms with Gasteiger partial charge in [0, 0.05) is 12.3 Å². The lowest BCUT2D eigenvalue weighted by molar-refractivity contribution is -0.324. The fraction of sp³-hybridized carbons (Fsp3) is 0.912. The molecule has 0 aromatic heterocycles. The molecule has 2 aliphatic heterocycles. The fourth-order valence-corrected chi connectivity index (χ4v) is 9.77. The number of cyclic esters (lactones) is 1. The lowest BCUT2D eigenvalue weighted by Gasteiger charge is -2.55. The summed E-state index contributed by atoms with van der Waals surface area (Å²) in [7, 11) is 0. The van der Waals surface area contributed by atoms with E-state index in [2.05, 4.69) is 40.7 Å². The second-order valence-electron chi connectivity index (χ2n) is 15.4. The standard InChI is InChI=1S/C34H56O9/c1-17(2)18(3)31(43-32-30(40)29(39)28(38)25(15-35)42-32)27(37)19(4)22-9-10-23-21-8-7-20-16-41-26(36)12-14-33(20,5)24(21)11-13-34(22,23)6/h8,17-20,22-25,27-32,35,37-40H,7,9-16H2,1-6H3/t18-,19+,20+,22-,23+,24+,25-,27-,28-,29+,30+,31+,32+,33+,34-/m1/s1. The van der Waals surface area contributed by atoms with Crippen LogP contribution in [0.4, 0.5) is 0 Å². The molecule has 246 valence electrons. The Balaban J connectivity index is 1.35. The Morgan fingerprint density at radius 1 is 0.977 bits per heavy atom. The Morgan fingerprint density at radius 3 is 2.35 bits per heavy atom. The van der Waals surface area contributed by atoms with Gasteiger partial charge in [0.2, 0.25) is 0 Å². The van der Waals surface area contributed by atoms with Gasteiger partial charge >= 0.3 is 5.97 Å². The van der Waals surface area contributed by atoms with E-state index < -0.39 is 49.5 Å². The molecule has 0 aromatic carbocycles. The number of aliphatic hydroxyl groups is 5. The van der Waals surface area contributed by atoms with E-state index in [1.165, 1.54) is 0 Å². The molecule has 0 unspecified atom stereocenters. The molecule has 0 spiro atoms. The number of carbonyl (C=O) groups is 1. The first-order valence-corrected chi connectivity index (χ1v) is 16.7. The van der Waals surface area contributed by atoms with E-state index in [9.17, 15) is 30.3 Å². The third kappa shape index (κ3) is 5.74. The third-order valence-electron chi connectivity index (χ3n) is 13.1. The first-order chi connectivity index (χ1) is 20.2. The van der Waals surface area contributed by atoms with Crippen molar-refractivity contribution in [1.82, 2.24) is 0 Å². The maximum Gasteiger partial charge on any atom is 0.305 e. The number of esters is 1. The number of allylic oxidation sites excluding steroid dienone is 2. The molecule has 9 heteroatoms. The van der Waals surface area contributed by atoms with Gasteiger partial charge in [-0.2, -0.15) is 0 Å². The Labute approximate surface area is 257 Å². The molecule has 2 saturated heterocycles. The predicted octanol–water partition coefficient (Wildman–Crippen LogP) is 3.19. The van der Waals surface area contributed by atoms with Crippen molar-refractivity contribution in [3.63, 3.8) is 0 Å². The smallest absolute Gasteiger partial charge is 0.305 e. The van der Waals surface area contributed by atoms with Crippen molar-refractivity contribution in [3.05, 3.63) is 11.6 Å². The van der Waals surface area contributed by atoms with Crippen molar-refractivity contribution in [2.45, 2.75) is 129 Å². The summed E-state index contributed by atoms with van der Waals surface area (Å²) < 4.78 is 17.6. The molecular weight excluding hydrogens is 552 g/mol. The molecule has 0 aromatic rings. The van der Waals surface area contributed by atoms with E-state index in [1.54, 1.807) is 5.57 Å². The SMILES string of the molecule is CC(C)[C@@H](C)[C@H](O[C@@H]1O[C@H](CO)[C@@H](O)[C@H](O)[C@@H]1O)[C@H](O)[C@@H](C)[C@H]1CC[C@H]2C3=CC[C@H]4COC(=O)CC[C@]4(C)[C@H]3CC[C@]12C. The van der Waals surface area contributed by atoms with Crippen LogP contribution in [0.1, 0.15) is 86.5 Å². The van der Waals surface area contributed by atoms with E-state index in [0.717, 1.165) is 38.5 Å². The largest absolute Gasteiger partial charge is 0.465 e. The Bertz CT molecular complexity index is 1030. The van der Waals surface area contributed by atoms with Gasteiger partial charge in [0.05, 0.1) is 25.4 Å². The van der Waals surface area contributed by atoms with Crippen molar-refractivity contribution in [3.8, 4) is 0 Å². The van der Waals surface area contributed by atoms with Crippen LogP contribution in [0.25, 0.3) is 0 Å². The number of hydrogen-bond acceptors (Lipinski definition) is 9. The highest BCUT2D eigenvalue weighted by atomic mass is 16.7. The highest BCUT2D eigenvalue weighted by Gasteiger charge is 2.59. The zero-order chi connectivity index (χ0) is 31.4. The number of rotatable bonds is 8. The highest BCUT2D eigenvalue weighted by molar-refractivity contribution is 5.69. The summed E-state index contributed by atoms with van der Waals surface area (Å²) in [6.07, 6.45) is 0.608. The maximum absolute atomic E-state index is 12.2. The number of hydrogen-bond donors (Lipinski definition) is 5. The van der Waals surface area contributed by atoms with Crippen LogP contribution in [-0.2, 0) is 19.0 Å². The molecule has 15 atom stereocenters. The van der Waals surface area contributed by atoms with Gasteiger partial charge in [0.25, 0.3) is 0 Å². The fourth-order valence-electron chi connectivity index (χ4n) is 9.77. The highest BCUT2D eigenvalue weighted by Crippen LogP contribution is 2.66. The molecule has 0 amide bonds. The quantitative estimate of drug-likeness (QED) is 0.207. The van der Waals surface area contributed by atoms with Gasteiger partial charge in [0.1, 0.15) is 24.4 Å². The molecule has 4 fully saturated rings. The average molecular weight is 609 g/mol. The topological polar surface area (TPSA) is 146 Å². The number of fused-ring (bicyclic) bond motifs is 5. The van der Waals surface area contributed by atoms with E-state index in [-0.39, 0.29) is 40.5 Å². The minimum Gasteiger partial charge on any atom is -0.465 e. The summed E-state index contributed by atoms with van der Waals surface area (Å²) in [5.41, 5.74) is 1.66. The summed E-state index contributed by atoms with van der Waals surface area (Å²) in [4.78, 5) is 12.2. The molecule has 0 bridgehead atoms. The van der Waals surface area contributed by atoms with Gasteiger partial charge < -0.3 is 39.7 Å².